The molecule has 0 atom stereocenters. The van der Waals surface area contributed by atoms with E-state index >= 15 is 0 Å². The Kier molecular flexibility index (Phi) is 4.38. The Labute approximate surface area is 97.5 Å². The first kappa shape index (κ1) is 12.9. The van der Waals surface area contributed by atoms with Crippen LogP contribution in [-0.2, 0) is 9.53 Å². The fraction of sp³-hybridized carbons (Fsp3) is 0.400. The van der Waals surface area contributed by atoms with E-state index in [0.717, 1.165) is 6.20 Å². The van der Waals surface area contributed by atoms with Gasteiger partial charge in [0.2, 0.25) is 5.88 Å². The van der Waals surface area contributed by atoms with Gasteiger partial charge in [-0.25, -0.2) is 9.78 Å². The molecule has 0 aliphatic heterocycles. The normalized spacial score (nSPS) is 9.76. The molecule has 0 saturated carbocycles. The van der Waals surface area contributed by atoms with Crippen LogP contribution in [-0.4, -0.2) is 29.1 Å². The number of hydrogen-bond acceptors (Lipinski definition) is 6. The topological polar surface area (TPSA) is 91.6 Å². The number of carbonyl (C=O) groups excluding carboxylic acids is 1. The Morgan fingerprint density at radius 2 is 2.29 bits per heavy atom. The second kappa shape index (κ2) is 5.78. The summed E-state index contributed by atoms with van der Waals surface area (Å²) in [6.07, 6.45) is 1.08. The van der Waals surface area contributed by atoms with Crippen molar-refractivity contribution in [3.8, 4) is 5.88 Å². The quantitative estimate of drug-likeness (QED) is 0.436. The number of nitrogens with zero attached hydrogens (tertiary/aromatic N) is 2. The molecule has 7 heteroatoms. The number of hydrogen-bond donors (Lipinski definition) is 0. The second-order valence-electron chi connectivity index (χ2n) is 3.17. The number of carbonyl (C=O) groups is 1. The van der Waals surface area contributed by atoms with Crippen LogP contribution in [0, 0.1) is 17.0 Å². The molecule has 0 saturated heterocycles. The van der Waals surface area contributed by atoms with Gasteiger partial charge in [-0.05, 0) is 13.8 Å². The van der Waals surface area contributed by atoms with Gasteiger partial charge in [0.15, 0.2) is 6.61 Å². The highest BCUT2D eigenvalue weighted by Gasteiger charge is 2.11. The van der Waals surface area contributed by atoms with E-state index in [-0.39, 0.29) is 24.8 Å². The molecule has 1 rings (SSSR count). The lowest BCUT2D eigenvalue weighted by Gasteiger charge is -2.06. The van der Waals surface area contributed by atoms with Gasteiger partial charge >= 0.3 is 5.97 Å². The summed E-state index contributed by atoms with van der Waals surface area (Å²) >= 11 is 0. The number of aryl methyl sites for hydroxylation is 1. The zero-order chi connectivity index (χ0) is 12.8. The summed E-state index contributed by atoms with van der Waals surface area (Å²) in [5.41, 5.74) is 0.370. The third-order valence-electron chi connectivity index (χ3n) is 1.86. The minimum absolute atomic E-state index is 0.119. The molecule has 0 aliphatic rings. The number of rotatable bonds is 5. The lowest BCUT2D eigenvalue weighted by molar-refractivity contribution is -0.385. The number of aromatic nitrogens is 1. The number of pyridine rings is 1. The van der Waals surface area contributed by atoms with E-state index in [9.17, 15) is 14.9 Å². The van der Waals surface area contributed by atoms with Crippen molar-refractivity contribution in [2.45, 2.75) is 13.8 Å². The van der Waals surface area contributed by atoms with Crippen molar-refractivity contribution in [1.82, 2.24) is 4.98 Å². The van der Waals surface area contributed by atoms with Crippen LogP contribution in [0.25, 0.3) is 0 Å². The van der Waals surface area contributed by atoms with Crippen LogP contribution in [0.1, 0.15) is 12.5 Å². The molecule has 1 aromatic rings. The summed E-state index contributed by atoms with van der Waals surface area (Å²) in [6.45, 7) is 3.31. The van der Waals surface area contributed by atoms with Crippen LogP contribution < -0.4 is 4.74 Å². The third kappa shape index (κ3) is 3.71. The predicted molar refractivity (Wildman–Crippen MR) is 57.8 cm³/mol. The van der Waals surface area contributed by atoms with Crippen molar-refractivity contribution < 1.29 is 19.2 Å². The lowest BCUT2D eigenvalue weighted by atomic mass is 10.3. The first-order valence-electron chi connectivity index (χ1n) is 4.94. The molecule has 92 valence electrons. The van der Waals surface area contributed by atoms with Crippen LogP contribution in [0.2, 0.25) is 0 Å². The van der Waals surface area contributed by atoms with Crippen LogP contribution in [0.5, 0.6) is 5.88 Å². The SMILES string of the molecule is CCOC(=O)COc1ncc([N+](=O)[O-])cc1C. The van der Waals surface area contributed by atoms with Crippen LogP contribution in [0.4, 0.5) is 5.69 Å². The summed E-state index contributed by atoms with van der Waals surface area (Å²) in [7, 11) is 0. The van der Waals surface area contributed by atoms with E-state index in [1.165, 1.54) is 6.07 Å². The highest BCUT2D eigenvalue weighted by Crippen LogP contribution is 2.19. The summed E-state index contributed by atoms with van der Waals surface area (Å²) in [5, 5.41) is 10.5. The third-order valence-corrected chi connectivity index (χ3v) is 1.86. The van der Waals surface area contributed by atoms with E-state index in [1.54, 1.807) is 13.8 Å². The van der Waals surface area contributed by atoms with Crippen LogP contribution >= 0.6 is 0 Å². The fourth-order valence-corrected chi connectivity index (χ4v) is 1.13. The number of ether oxygens (including phenoxy) is 2. The van der Waals surface area contributed by atoms with Crippen molar-refractivity contribution in [3.63, 3.8) is 0 Å². The van der Waals surface area contributed by atoms with Gasteiger partial charge in [0.05, 0.1) is 11.5 Å². The average Bonchev–Trinajstić information content (AvgIpc) is 2.27. The molecule has 0 radical (unpaired) electrons. The molecule has 7 nitrogen and oxygen atoms in total. The summed E-state index contributed by atoms with van der Waals surface area (Å²) in [5.74, 6) is -0.323. The molecule has 0 aromatic carbocycles. The maximum absolute atomic E-state index is 11.0. The maximum Gasteiger partial charge on any atom is 0.344 e. The zero-order valence-corrected chi connectivity index (χ0v) is 9.50. The molecule has 0 aliphatic carbocycles. The Morgan fingerprint density at radius 3 is 2.82 bits per heavy atom. The van der Waals surface area contributed by atoms with E-state index < -0.39 is 10.9 Å². The minimum Gasteiger partial charge on any atom is -0.465 e. The van der Waals surface area contributed by atoms with Gasteiger partial charge < -0.3 is 9.47 Å². The van der Waals surface area contributed by atoms with Crippen molar-refractivity contribution in [1.29, 1.82) is 0 Å². The molecule has 1 aromatic heterocycles. The molecule has 17 heavy (non-hydrogen) atoms. The Hall–Kier alpha value is -2.18. The van der Waals surface area contributed by atoms with Gasteiger partial charge in [0.25, 0.3) is 5.69 Å². The Bertz CT molecular complexity index is 433. The molecule has 0 N–H and O–H groups in total. The van der Waals surface area contributed by atoms with Crippen molar-refractivity contribution in [3.05, 3.63) is 27.9 Å². The van der Waals surface area contributed by atoms with E-state index in [1.807, 2.05) is 0 Å². The zero-order valence-electron chi connectivity index (χ0n) is 9.50. The van der Waals surface area contributed by atoms with Crippen LogP contribution in [0.15, 0.2) is 12.3 Å². The first-order valence-corrected chi connectivity index (χ1v) is 4.94. The molecule has 0 unspecified atom stereocenters. The molecule has 0 spiro atoms. The molecule has 1 heterocycles. The highest BCUT2D eigenvalue weighted by atomic mass is 16.6. The molecule has 0 bridgehead atoms. The number of esters is 1. The van der Waals surface area contributed by atoms with E-state index in [2.05, 4.69) is 9.72 Å². The van der Waals surface area contributed by atoms with Gasteiger partial charge in [0, 0.05) is 11.6 Å². The summed E-state index contributed by atoms with van der Waals surface area (Å²) in [6, 6.07) is 1.33. The standard InChI is InChI=1S/C10H12N2O5/c1-3-16-9(13)6-17-10-7(2)4-8(5-11-10)12(14)15/h4-5H,3,6H2,1-2H3. The van der Waals surface area contributed by atoms with Crippen LogP contribution in [0.3, 0.4) is 0 Å². The largest absolute Gasteiger partial charge is 0.465 e. The molecule has 0 fully saturated rings. The van der Waals surface area contributed by atoms with Gasteiger partial charge in [-0.2, -0.15) is 0 Å². The monoisotopic (exact) mass is 240 g/mol. The van der Waals surface area contributed by atoms with Gasteiger partial charge in [-0.1, -0.05) is 0 Å². The Balaban J connectivity index is 2.66. The fourth-order valence-electron chi connectivity index (χ4n) is 1.13. The summed E-state index contributed by atoms with van der Waals surface area (Å²) in [4.78, 5) is 24.7. The minimum atomic E-state index is -0.547. The highest BCUT2D eigenvalue weighted by molar-refractivity contribution is 5.71. The van der Waals surface area contributed by atoms with Gasteiger partial charge in [-0.3, -0.25) is 10.1 Å². The van der Waals surface area contributed by atoms with Crippen molar-refractivity contribution >= 4 is 11.7 Å². The number of nitro groups is 1. The average molecular weight is 240 g/mol. The second-order valence-corrected chi connectivity index (χ2v) is 3.17. The maximum atomic E-state index is 11.0. The van der Waals surface area contributed by atoms with E-state index in [4.69, 9.17) is 4.74 Å². The lowest BCUT2D eigenvalue weighted by Crippen LogP contribution is -2.15. The van der Waals surface area contributed by atoms with Crippen molar-refractivity contribution in [2.24, 2.45) is 0 Å². The predicted octanol–water partition coefficient (Wildman–Crippen LogP) is 1.24. The Morgan fingerprint density at radius 1 is 1.59 bits per heavy atom. The van der Waals surface area contributed by atoms with Crippen molar-refractivity contribution in [2.75, 3.05) is 13.2 Å². The van der Waals surface area contributed by atoms with Gasteiger partial charge in [-0.15, -0.1) is 0 Å². The molecular formula is C10H12N2O5. The smallest absolute Gasteiger partial charge is 0.344 e. The van der Waals surface area contributed by atoms with E-state index in [0.29, 0.717) is 5.56 Å². The van der Waals surface area contributed by atoms with Gasteiger partial charge in [0.1, 0.15) is 6.20 Å². The molecule has 0 amide bonds. The summed E-state index contributed by atoms with van der Waals surface area (Å²) < 4.78 is 9.74. The molecular weight excluding hydrogens is 228 g/mol. The first-order chi connectivity index (χ1) is 8.04.